The van der Waals surface area contributed by atoms with Crippen molar-refractivity contribution in [1.82, 2.24) is 9.80 Å². The fourth-order valence-corrected chi connectivity index (χ4v) is 1.70. The molecule has 1 saturated heterocycles. The largest absolute Gasteiger partial charge is 0.381 e. The van der Waals surface area contributed by atoms with Crippen molar-refractivity contribution in [3.05, 3.63) is 11.9 Å². The number of rotatable bonds is 2. The maximum Gasteiger partial charge on any atom is 0.254 e. The van der Waals surface area contributed by atoms with Gasteiger partial charge in [0.15, 0.2) is 0 Å². The van der Waals surface area contributed by atoms with Crippen molar-refractivity contribution in [1.29, 1.82) is 5.26 Å². The van der Waals surface area contributed by atoms with E-state index in [1.54, 1.807) is 11.1 Å². The molecule has 0 spiro atoms. The number of hydrogen-bond donors (Lipinski definition) is 0. The van der Waals surface area contributed by atoms with Crippen LogP contribution in [0.2, 0.25) is 0 Å². The van der Waals surface area contributed by atoms with Gasteiger partial charge in [0, 0.05) is 20.3 Å². The van der Waals surface area contributed by atoms with E-state index >= 15 is 0 Å². The van der Waals surface area contributed by atoms with Gasteiger partial charge in [-0.2, -0.15) is 5.26 Å². The molecule has 1 fully saturated rings. The second-order valence-corrected chi connectivity index (χ2v) is 4.62. The summed E-state index contributed by atoms with van der Waals surface area (Å²) in [6, 6.07) is 2.06. The molecule has 0 aliphatic carbocycles. The molecular weight excluding hydrogens is 206 g/mol. The highest BCUT2D eigenvalue weighted by atomic mass is 16.5. The van der Waals surface area contributed by atoms with Gasteiger partial charge in [-0.25, -0.2) is 0 Å². The average Bonchev–Trinajstić information content (AvgIpc) is 2.13. The highest BCUT2D eigenvalue weighted by Gasteiger charge is 2.37. The third kappa shape index (κ3) is 2.52. The summed E-state index contributed by atoms with van der Waals surface area (Å²) >= 11 is 0. The minimum atomic E-state index is -0.479. The Hall–Kier alpha value is -1.54. The number of carbonyl (C=O) groups is 1. The maximum atomic E-state index is 11.8. The predicted molar refractivity (Wildman–Crippen MR) is 59.1 cm³/mol. The number of amides is 1. The van der Waals surface area contributed by atoms with Crippen molar-refractivity contribution in [2.45, 2.75) is 19.4 Å². The maximum absolute atomic E-state index is 11.8. The van der Waals surface area contributed by atoms with Crippen molar-refractivity contribution >= 4 is 5.91 Å². The second-order valence-electron chi connectivity index (χ2n) is 4.62. The summed E-state index contributed by atoms with van der Waals surface area (Å²) in [5.41, 5.74) is -0.129. The lowest BCUT2D eigenvalue weighted by atomic mass is 10.0. The molecule has 5 heteroatoms. The summed E-state index contributed by atoms with van der Waals surface area (Å²) in [6.07, 6.45) is 1.64. The number of nitriles is 1. The quantitative estimate of drug-likeness (QED) is 0.641. The van der Waals surface area contributed by atoms with Crippen LogP contribution in [-0.4, -0.2) is 48.6 Å². The van der Waals surface area contributed by atoms with Gasteiger partial charge in [-0.15, -0.1) is 0 Å². The number of ether oxygens (including phenoxy) is 1. The van der Waals surface area contributed by atoms with Crippen LogP contribution in [0, 0.1) is 11.3 Å². The van der Waals surface area contributed by atoms with Crippen LogP contribution in [0.15, 0.2) is 11.9 Å². The molecule has 1 aliphatic rings. The molecule has 1 aliphatic heterocycles. The highest BCUT2D eigenvalue weighted by Crippen LogP contribution is 2.24. The molecule has 1 amide bonds. The summed E-state index contributed by atoms with van der Waals surface area (Å²) in [4.78, 5) is 15.0. The summed E-state index contributed by atoms with van der Waals surface area (Å²) in [6.45, 7) is 4.23. The van der Waals surface area contributed by atoms with Gasteiger partial charge in [0.2, 0.25) is 0 Å². The minimum absolute atomic E-state index is 0.0376. The molecule has 0 radical (unpaired) electrons. The molecule has 0 aromatic heterocycles. The Kier molecular flexibility index (Phi) is 3.55. The minimum Gasteiger partial charge on any atom is -0.381 e. The van der Waals surface area contributed by atoms with Crippen molar-refractivity contribution in [3.8, 4) is 6.07 Å². The Balaban J connectivity index is 3.07. The number of nitrogens with zero attached hydrogens (tertiary/aromatic N) is 3. The molecule has 0 aromatic rings. The Morgan fingerprint density at radius 2 is 2.25 bits per heavy atom. The van der Waals surface area contributed by atoms with Gasteiger partial charge in [0.1, 0.15) is 18.4 Å². The van der Waals surface area contributed by atoms with Gasteiger partial charge in [-0.05, 0) is 13.8 Å². The number of hydrogen-bond acceptors (Lipinski definition) is 4. The van der Waals surface area contributed by atoms with E-state index in [2.05, 4.69) is 6.07 Å². The summed E-state index contributed by atoms with van der Waals surface area (Å²) in [5.74, 6) is -0.175. The van der Waals surface area contributed by atoms with Gasteiger partial charge in [-0.3, -0.25) is 9.69 Å². The summed E-state index contributed by atoms with van der Waals surface area (Å²) in [7, 11) is 3.63. The molecule has 88 valence electrons. The standard InChI is InChI=1S/C11H17N3O2/c1-11(2)8-16-7-10(15)14(11)9(5-12)6-13(3)4/h6H,7-8H2,1-4H3. The van der Waals surface area contributed by atoms with E-state index in [1.807, 2.05) is 27.9 Å². The van der Waals surface area contributed by atoms with Gasteiger partial charge >= 0.3 is 0 Å². The third-order valence-electron chi connectivity index (χ3n) is 2.27. The predicted octanol–water partition coefficient (Wildman–Crippen LogP) is 0.550. The van der Waals surface area contributed by atoms with Crippen molar-refractivity contribution in [2.75, 3.05) is 27.3 Å². The molecule has 0 saturated carbocycles. The van der Waals surface area contributed by atoms with E-state index in [1.165, 1.54) is 4.90 Å². The van der Waals surface area contributed by atoms with Crippen LogP contribution < -0.4 is 0 Å². The molecule has 0 N–H and O–H groups in total. The van der Waals surface area contributed by atoms with E-state index in [9.17, 15) is 4.79 Å². The first-order chi connectivity index (χ1) is 7.38. The lowest BCUT2D eigenvalue weighted by Crippen LogP contribution is -2.55. The van der Waals surface area contributed by atoms with Gasteiger partial charge in [0.25, 0.3) is 5.91 Å². The van der Waals surface area contributed by atoms with Gasteiger partial charge in [-0.1, -0.05) is 0 Å². The zero-order valence-corrected chi connectivity index (χ0v) is 10.1. The van der Waals surface area contributed by atoms with E-state index in [4.69, 9.17) is 10.00 Å². The molecule has 16 heavy (non-hydrogen) atoms. The average molecular weight is 223 g/mol. The first-order valence-corrected chi connectivity index (χ1v) is 5.07. The van der Waals surface area contributed by atoms with Crippen LogP contribution in [0.3, 0.4) is 0 Å². The van der Waals surface area contributed by atoms with Crippen LogP contribution in [0.4, 0.5) is 0 Å². The zero-order chi connectivity index (χ0) is 12.3. The van der Waals surface area contributed by atoms with Crippen LogP contribution >= 0.6 is 0 Å². The monoisotopic (exact) mass is 223 g/mol. The van der Waals surface area contributed by atoms with Crippen LogP contribution in [0.5, 0.6) is 0 Å². The zero-order valence-electron chi connectivity index (χ0n) is 10.1. The fourth-order valence-electron chi connectivity index (χ4n) is 1.70. The SMILES string of the molecule is CN(C)C=C(C#N)N1C(=O)COCC1(C)C. The normalized spacial score (nSPS) is 20.6. The fraction of sp³-hybridized carbons (Fsp3) is 0.636. The molecular formula is C11H17N3O2. The molecule has 0 unspecified atom stereocenters. The topological polar surface area (TPSA) is 56.6 Å². The lowest BCUT2D eigenvalue weighted by Gasteiger charge is -2.41. The van der Waals surface area contributed by atoms with E-state index < -0.39 is 5.54 Å². The smallest absolute Gasteiger partial charge is 0.254 e. The highest BCUT2D eigenvalue weighted by molar-refractivity contribution is 5.81. The molecule has 0 atom stereocenters. The molecule has 1 heterocycles. The van der Waals surface area contributed by atoms with Crippen molar-refractivity contribution < 1.29 is 9.53 Å². The molecule has 0 aromatic carbocycles. The van der Waals surface area contributed by atoms with E-state index in [0.717, 1.165) is 0 Å². The van der Waals surface area contributed by atoms with Crippen LogP contribution in [-0.2, 0) is 9.53 Å². The number of morpholine rings is 1. The van der Waals surface area contributed by atoms with Gasteiger partial charge < -0.3 is 9.64 Å². The van der Waals surface area contributed by atoms with Gasteiger partial charge in [0.05, 0.1) is 12.1 Å². The van der Waals surface area contributed by atoms with E-state index in [0.29, 0.717) is 12.3 Å². The van der Waals surface area contributed by atoms with E-state index in [-0.39, 0.29) is 12.5 Å². The second kappa shape index (κ2) is 4.54. The number of allylic oxidation sites excluding steroid dienone is 1. The Labute approximate surface area is 95.9 Å². The lowest BCUT2D eigenvalue weighted by molar-refractivity contribution is -0.150. The molecule has 0 bridgehead atoms. The molecule has 1 rings (SSSR count). The van der Waals surface area contributed by atoms with Crippen LogP contribution in [0.1, 0.15) is 13.8 Å². The van der Waals surface area contributed by atoms with Crippen LogP contribution in [0.25, 0.3) is 0 Å². The first-order valence-electron chi connectivity index (χ1n) is 5.07. The Bertz CT molecular complexity index is 353. The summed E-state index contributed by atoms with van der Waals surface area (Å²) in [5, 5.41) is 9.10. The third-order valence-corrected chi connectivity index (χ3v) is 2.27. The Morgan fingerprint density at radius 3 is 2.69 bits per heavy atom. The first kappa shape index (κ1) is 12.5. The van der Waals surface area contributed by atoms with Crippen molar-refractivity contribution in [3.63, 3.8) is 0 Å². The number of carbonyl (C=O) groups excluding carboxylic acids is 1. The molecule has 5 nitrogen and oxygen atoms in total. The summed E-state index contributed by atoms with van der Waals surface area (Å²) < 4.78 is 5.19. The Morgan fingerprint density at radius 1 is 1.62 bits per heavy atom. The van der Waals surface area contributed by atoms with Crippen molar-refractivity contribution in [2.24, 2.45) is 0 Å².